The van der Waals surface area contributed by atoms with E-state index in [0.29, 0.717) is 31.9 Å². The van der Waals surface area contributed by atoms with E-state index in [2.05, 4.69) is 10.2 Å². The second-order valence-electron chi connectivity index (χ2n) is 7.17. The Bertz CT molecular complexity index is 1090. The number of nitrogens with one attached hydrogen (secondary N) is 1. The van der Waals surface area contributed by atoms with E-state index in [9.17, 15) is 9.90 Å². The number of thiophene rings is 1. The number of rotatable bonds is 3. The van der Waals surface area contributed by atoms with E-state index in [1.807, 2.05) is 17.5 Å². The molecule has 5 nitrogen and oxygen atoms in total. The van der Waals surface area contributed by atoms with Crippen LogP contribution in [0, 0.1) is 0 Å². The summed E-state index contributed by atoms with van der Waals surface area (Å²) < 4.78 is 0. The Balaban J connectivity index is 1.71. The number of piperidine rings is 1. The number of carbonyl (C=O) groups is 1. The van der Waals surface area contributed by atoms with Crippen molar-refractivity contribution in [2.24, 2.45) is 0 Å². The van der Waals surface area contributed by atoms with Gasteiger partial charge in [0.15, 0.2) is 5.13 Å². The first-order valence-electron chi connectivity index (χ1n) is 9.32. The van der Waals surface area contributed by atoms with Crippen LogP contribution in [0.25, 0.3) is 10.6 Å². The molecule has 0 saturated carbocycles. The normalized spacial score (nSPS) is 21.3. The molecule has 2 aliphatic rings. The Morgan fingerprint density at radius 2 is 2.00 bits per heavy atom. The van der Waals surface area contributed by atoms with Gasteiger partial charge in [-0.1, -0.05) is 40.6 Å². The van der Waals surface area contributed by atoms with Gasteiger partial charge in [-0.05, 0) is 42.8 Å². The highest BCUT2D eigenvalue weighted by atomic mass is 35.5. The van der Waals surface area contributed by atoms with Crippen molar-refractivity contribution in [1.29, 1.82) is 0 Å². The first-order chi connectivity index (χ1) is 14.0. The summed E-state index contributed by atoms with van der Waals surface area (Å²) >= 11 is 15.4. The highest BCUT2D eigenvalue weighted by molar-refractivity contribution is 7.17. The van der Waals surface area contributed by atoms with E-state index in [1.54, 1.807) is 12.1 Å². The number of aliphatic hydroxyl groups is 1. The summed E-state index contributed by atoms with van der Waals surface area (Å²) in [6.45, 7) is 1.85. The molecule has 2 aromatic heterocycles. The molecule has 1 atom stereocenters. The molecule has 1 fully saturated rings. The largest absolute Gasteiger partial charge is 0.371 e. The van der Waals surface area contributed by atoms with Crippen molar-refractivity contribution in [3.8, 4) is 10.6 Å². The van der Waals surface area contributed by atoms with Crippen molar-refractivity contribution in [3.05, 3.63) is 50.1 Å². The van der Waals surface area contributed by atoms with Gasteiger partial charge in [0, 0.05) is 23.7 Å². The van der Waals surface area contributed by atoms with E-state index >= 15 is 0 Å². The second kappa shape index (κ2) is 7.25. The molecule has 0 aliphatic carbocycles. The van der Waals surface area contributed by atoms with Crippen LogP contribution in [0.1, 0.15) is 29.7 Å². The fourth-order valence-electron chi connectivity index (χ4n) is 3.89. The summed E-state index contributed by atoms with van der Waals surface area (Å²) in [4.78, 5) is 21.5. The van der Waals surface area contributed by atoms with Crippen molar-refractivity contribution in [2.45, 2.75) is 24.9 Å². The van der Waals surface area contributed by atoms with Crippen molar-refractivity contribution >= 4 is 62.6 Å². The van der Waals surface area contributed by atoms with Crippen LogP contribution in [0.5, 0.6) is 0 Å². The number of fused-ring (bicyclic) bond motifs is 1. The molecule has 0 bridgehead atoms. The molecule has 2 N–H and O–H groups in total. The minimum Gasteiger partial charge on any atom is -0.371 e. The van der Waals surface area contributed by atoms with Gasteiger partial charge in [-0.3, -0.25) is 4.79 Å². The maximum atomic E-state index is 13.0. The minimum atomic E-state index is -1.89. The van der Waals surface area contributed by atoms with Crippen LogP contribution in [-0.2, 0) is 10.4 Å². The van der Waals surface area contributed by atoms with Gasteiger partial charge in [0.2, 0.25) is 5.60 Å². The predicted octanol–water partition coefficient (Wildman–Crippen LogP) is 5.36. The Morgan fingerprint density at radius 3 is 2.72 bits per heavy atom. The van der Waals surface area contributed by atoms with E-state index in [-0.39, 0.29) is 0 Å². The van der Waals surface area contributed by atoms with Crippen LogP contribution in [0.15, 0.2) is 29.6 Å². The SMILES string of the molecule is O=C1Nc2c(Cl)cc(Cl)cc2C1(O)c1sc(N2CCCCC2)nc1-c1cccs1. The maximum Gasteiger partial charge on any atom is 0.266 e. The van der Waals surface area contributed by atoms with Gasteiger partial charge in [0.25, 0.3) is 5.91 Å². The molecule has 9 heteroatoms. The van der Waals surface area contributed by atoms with Crippen LogP contribution in [-0.4, -0.2) is 29.1 Å². The molecule has 150 valence electrons. The van der Waals surface area contributed by atoms with Gasteiger partial charge in [-0.2, -0.15) is 0 Å². The van der Waals surface area contributed by atoms with Crippen LogP contribution < -0.4 is 10.2 Å². The molecule has 5 rings (SSSR count). The molecular weight excluding hydrogens is 449 g/mol. The van der Waals surface area contributed by atoms with Crippen molar-refractivity contribution in [2.75, 3.05) is 23.3 Å². The molecule has 2 aliphatic heterocycles. The zero-order chi connectivity index (χ0) is 20.2. The summed E-state index contributed by atoms with van der Waals surface area (Å²) in [5.74, 6) is -0.539. The topological polar surface area (TPSA) is 65.5 Å². The fourth-order valence-corrected chi connectivity index (χ4v) is 6.45. The molecule has 1 unspecified atom stereocenters. The first-order valence-corrected chi connectivity index (χ1v) is 11.8. The van der Waals surface area contributed by atoms with Gasteiger partial charge in [0.05, 0.1) is 20.5 Å². The molecule has 0 spiro atoms. The third kappa shape index (κ3) is 3.07. The van der Waals surface area contributed by atoms with Crippen LogP contribution in [0.2, 0.25) is 10.0 Å². The van der Waals surface area contributed by atoms with Crippen LogP contribution >= 0.6 is 45.9 Å². The number of thiazole rings is 1. The van der Waals surface area contributed by atoms with E-state index < -0.39 is 11.5 Å². The minimum absolute atomic E-state index is 0.301. The van der Waals surface area contributed by atoms with Gasteiger partial charge in [0.1, 0.15) is 5.69 Å². The smallest absolute Gasteiger partial charge is 0.266 e. The lowest BCUT2D eigenvalue weighted by Crippen LogP contribution is -2.35. The molecule has 1 saturated heterocycles. The lowest BCUT2D eigenvalue weighted by atomic mass is 9.92. The Hall–Kier alpha value is -1.64. The summed E-state index contributed by atoms with van der Waals surface area (Å²) in [5, 5.41) is 17.9. The number of halogens is 2. The van der Waals surface area contributed by atoms with E-state index in [4.69, 9.17) is 28.2 Å². The molecule has 29 heavy (non-hydrogen) atoms. The average molecular weight is 466 g/mol. The highest BCUT2D eigenvalue weighted by Gasteiger charge is 2.51. The van der Waals surface area contributed by atoms with Crippen LogP contribution in [0.4, 0.5) is 10.8 Å². The number of aromatic nitrogens is 1. The lowest BCUT2D eigenvalue weighted by molar-refractivity contribution is -0.129. The van der Waals surface area contributed by atoms with Gasteiger partial charge < -0.3 is 15.3 Å². The zero-order valence-electron chi connectivity index (χ0n) is 15.2. The number of benzene rings is 1. The lowest BCUT2D eigenvalue weighted by Gasteiger charge is -2.26. The summed E-state index contributed by atoms with van der Waals surface area (Å²) in [5.41, 5.74) is -0.498. The Labute approximate surface area is 185 Å². The fraction of sp³-hybridized carbons (Fsp3) is 0.300. The molecule has 3 aromatic rings. The number of anilines is 2. The molecule has 4 heterocycles. The molecular formula is C20H17Cl2N3O2S2. The number of carbonyl (C=O) groups excluding carboxylic acids is 1. The van der Waals surface area contributed by atoms with E-state index in [0.717, 1.165) is 35.9 Å². The summed E-state index contributed by atoms with van der Waals surface area (Å²) in [6.07, 6.45) is 3.44. The first kappa shape index (κ1) is 19.3. The van der Waals surface area contributed by atoms with Crippen molar-refractivity contribution < 1.29 is 9.90 Å². The maximum absolute atomic E-state index is 13.0. The molecule has 1 amide bonds. The van der Waals surface area contributed by atoms with Crippen molar-refractivity contribution in [1.82, 2.24) is 4.98 Å². The summed E-state index contributed by atoms with van der Waals surface area (Å²) in [6, 6.07) is 7.04. The van der Waals surface area contributed by atoms with Gasteiger partial charge in [-0.25, -0.2) is 4.98 Å². The average Bonchev–Trinajstić information content (AvgIpc) is 3.43. The standard InChI is InChI=1S/C20H17Cl2N3O2S2/c21-11-9-12-15(13(22)10-11)23-18(26)20(12,27)17-16(14-5-4-8-28-14)24-19(29-17)25-6-2-1-3-7-25/h4-5,8-10,27H,1-3,6-7H2,(H,23,26). The van der Waals surface area contributed by atoms with Gasteiger partial charge in [-0.15, -0.1) is 11.3 Å². The third-order valence-electron chi connectivity index (χ3n) is 5.34. The molecule has 1 aromatic carbocycles. The van der Waals surface area contributed by atoms with Crippen LogP contribution in [0.3, 0.4) is 0 Å². The number of nitrogens with zero attached hydrogens (tertiary/aromatic N) is 2. The number of hydrogen-bond acceptors (Lipinski definition) is 6. The molecule has 0 radical (unpaired) electrons. The monoisotopic (exact) mass is 465 g/mol. The highest BCUT2D eigenvalue weighted by Crippen LogP contribution is 2.51. The van der Waals surface area contributed by atoms with Gasteiger partial charge >= 0.3 is 0 Å². The second-order valence-corrected chi connectivity index (χ2v) is 9.94. The predicted molar refractivity (Wildman–Crippen MR) is 120 cm³/mol. The van der Waals surface area contributed by atoms with Crippen molar-refractivity contribution in [3.63, 3.8) is 0 Å². The summed E-state index contributed by atoms with van der Waals surface area (Å²) in [7, 11) is 0. The number of hydrogen-bond donors (Lipinski definition) is 2. The zero-order valence-corrected chi connectivity index (χ0v) is 18.4. The Morgan fingerprint density at radius 1 is 1.21 bits per heavy atom. The quantitative estimate of drug-likeness (QED) is 0.546. The third-order valence-corrected chi connectivity index (χ3v) is 7.96. The Kier molecular flexibility index (Phi) is 4.83. The van der Waals surface area contributed by atoms with E-state index in [1.165, 1.54) is 29.1 Å². The number of amides is 1.